The molecule has 0 heterocycles. The van der Waals surface area contributed by atoms with E-state index in [-0.39, 0.29) is 27.4 Å². The van der Waals surface area contributed by atoms with Gasteiger partial charge in [0.2, 0.25) is 0 Å². The van der Waals surface area contributed by atoms with Crippen molar-refractivity contribution >= 4 is 7.92 Å². The monoisotopic (exact) mass is 498 g/mol. The van der Waals surface area contributed by atoms with E-state index in [4.69, 9.17) is 0 Å². The summed E-state index contributed by atoms with van der Waals surface area (Å²) in [4.78, 5) is 0. The van der Waals surface area contributed by atoms with E-state index in [1.807, 2.05) is 5.57 Å². The third kappa shape index (κ3) is 6.26. The van der Waals surface area contributed by atoms with Crippen molar-refractivity contribution in [1.82, 2.24) is 0 Å². The van der Waals surface area contributed by atoms with Crippen molar-refractivity contribution in [1.29, 1.82) is 0 Å². The molecule has 2 heteroatoms. The molecule has 1 unspecified atom stereocenters. The minimum atomic E-state index is 0. The molecule has 0 N–H and O–H groups in total. The van der Waals surface area contributed by atoms with Crippen LogP contribution in [-0.2, 0) is 25.9 Å². The van der Waals surface area contributed by atoms with Crippen LogP contribution in [0.4, 0.5) is 0 Å². The van der Waals surface area contributed by atoms with Crippen LogP contribution in [0.2, 0.25) is 0 Å². The first-order valence-electron chi connectivity index (χ1n) is 12.3. The van der Waals surface area contributed by atoms with Crippen LogP contribution in [0.1, 0.15) is 102 Å². The molecular weight excluding hydrogens is 456 g/mol. The van der Waals surface area contributed by atoms with Gasteiger partial charge in [-0.2, -0.15) is 0 Å². The molecule has 0 nitrogen and oxygen atoms in total. The standard InChI is InChI=1S/C27H41P.Ru/c1-22(21-23-13-5-2-6-14-23)26-19-11-12-20-27(26)28(24-15-7-3-8-16-24)25-17-9-4-10-18-25;/h2,5-6,13-14,24-25,27H,3-4,7-12,15-21H2,1H3;. The van der Waals surface area contributed by atoms with Crippen LogP contribution in [0, 0.1) is 0 Å². The van der Waals surface area contributed by atoms with Gasteiger partial charge in [-0.3, -0.25) is 0 Å². The van der Waals surface area contributed by atoms with Gasteiger partial charge >= 0.3 is 0 Å². The molecule has 162 valence electrons. The molecule has 0 amide bonds. The Balaban J connectivity index is 0.00000240. The van der Waals surface area contributed by atoms with Crippen molar-refractivity contribution in [3.8, 4) is 0 Å². The summed E-state index contributed by atoms with van der Waals surface area (Å²) in [7, 11) is 0.181. The van der Waals surface area contributed by atoms with Gasteiger partial charge in [-0.05, 0) is 75.2 Å². The molecule has 0 bridgehead atoms. The smallest absolute Gasteiger partial charge is 0.000824 e. The van der Waals surface area contributed by atoms with Gasteiger partial charge < -0.3 is 0 Å². The molecule has 3 fully saturated rings. The molecule has 0 aromatic heterocycles. The second kappa shape index (κ2) is 12.2. The predicted molar refractivity (Wildman–Crippen MR) is 126 cm³/mol. The Kier molecular flexibility index (Phi) is 9.92. The average Bonchev–Trinajstić information content (AvgIpc) is 2.76. The van der Waals surface area contributed by atoms with E-state index in [1.165, 1.54) is 76.2 Å². The summed E-state index contributed by atoms with van der Waals surface area (Å²) in [5.41, 5.74) is 8.33. The van der Waals surface area contributed by atoms with Gasteiger partial charge in [0.25, 0.3) is 0 Å². The van der Waals surface area contributed by atoms with Gasteiger partial charge in [0.15, 0.2) is 0 Å². The minimum absolute atomic E-state index is 0. The molecule has 29 heavy (non-hydrogen) atoms. The maximum Gasteiger partial charge on any atom is 0.000824 e. The topological polar surface area (TPSA) is 0 Å². The molecule has 1 aromatic carbocycles. The summed E-state index contributed by atoms with van der Waals surface area (Å²) >= 11 is 0. The molecule has 3 aliphatic rings. The summed E-state index contributed by atoms with van der Waals surface area (Å²) in [6.07, 6.45) is 22.4. The summed E-state index contributed by atoms with van der Waals surface area (Å²) in [5, 5.41) is 0. The SMILES string of the molecule is CC(Cc1ccccc1)=C1CCCCC1P(C1CCCCC1)C1CCCCC1.[Ru]. The largest absolute Gasteiger partial charge is 0.0930 e. The molecule has 4 rings (SSSR count). The summed E-state index contributed by atoms with van der Waals surface area (Å²) in [5.74, 6) is 0. The van der Waals surface area contributed by atoms with E-state index < -0.39 is 0 Å². The van der Waals surface area contributed by atoms with Crippen LogP contribution in [0.15, 0.2) is 41.5 Å². The van der Waals surface area contributed by atoms with E-state index in [0.29, 0.717) is 0 Å². The molecule has 3 saturated carbocycles. The minimum Gasteiger partial charge on any atom is -0.0930 e. The second-order valence-electron chi connectivity index (χ2n) is 9.76. The van der Waals surface area contributed by atoms with Gasteiger partial charge in [0, 0.05) is 25.1 Å². The molecule has 1 atom stereocenters. The third-order valence-corrected chi connectivity index (χ3v) is 11.8. The summed E-state index contributed by atoms with van der Waals surface area (Å²) in [6.45, 7) is 2.48. The Labute approximate surface area is 194 Å². The molecule has 1 aromatic rings. The molecule has 0 aliphatic heterocycles. The van der Waals surface area contributed by atoms with Gasteiger partial charge in [0.1, 0.15) is 0 Å². The van der Waals surface area contributed by atoms with Crippen LogP contribution >= 0.6 is 7.92 Å². The van der Waals surface area contributed by atoms with Crippen LogP contribution < -0.4 is 0 Å². The van der Waals surface area contributed by atoms with Crippen LogP contribution in [0.5, 0.6) is 0 Å². The van der Waals surface area contributed by atoms with E-state index in [1.54, 1.807) is 31.3 Å². The normalized spacial score (nSPS) is 26.2. The Morgan fingerprint density at radius 3 is 1.90 bits per heavy atom. The fourth-order valence-electron chi connectivity index (χ4n) is 6.40. The van der Waals surface area contributed by atoms with Crippen molar-refractivity contribution in [2.45, 2.75) is 120 Å². The third-order valence-electron chi connectivity index (χ3n) is 7.79. The average molecular weight is 498 g/mol. The number of hydrogen-bond donors (Lipinski definition) is 0. The number of benzene rings is 1. The van der Waals surface area contributed by atoms with E-state index in [0.717, 1.165) is 17.0 Å². The van der Waals surface area contributed by atoms with Crippen LogP contribution in [0.3, 0.4) is 0 Å². The van der Waals surface area contributed by atoms with Gasteiger partial charge in [-0.25, -0.2) is 0 Å². The number of allylic oxidation sites excluding steroid dienone is 2. The second-order valence-corrected chi connectivity index (χ2v) is 12.7. The Hall–Kier alpha value is 0.0134. The van der Waals surface area contributed by atoms with Gasteiger partial charge in [-0.1, -0.05) is 94.3 Å². The Bertz CT molecular complexity index is 607. The van der Waals surface area contributed by atoms with Crippen molar-refractivity contribution in [3.05, 3.63) is 47.0 Å². The fourth-order valence-corrected chi connectivity index (χ4v) is 11.1. The van der Waals surface area contributed by atoms with Crippen molar-refractivity contribution in [2.24, 2.45) is 0 Å². The predicted octanol–water partition coefficient (Wildman–Crippen LogP) is 8.63. The zero-order valence-electron chi connectivity index (χ0n) is 18.5. The van der Waals surface area contributed by atoms with Crippen LogP contribution in [-0.4, -0.2) is 17.0 Å². The molecule has 0 spiro atoms. The zero-order valence-corrected chi connectivity index (χ0v) is 21.2. The van der Waals surface area contributed by atoms with Crippen molar-refractivity contribution in [2.75, 3.05) is 0 Å². The Morgan fingerprint density at radius 2 is 1.31 bits per heavy atom. The fraction of sp³-hybridized carbons (Fsp3) is 0.704. The van der Waals surface area contributed by atoms with Gasteiger partial charge in [0.05, 0.1) is 0 Å². The number of rotatable bonds is 5. The maximum absolute atomic E-state index is 2.48. The van der Waals surface area contributed by atoms with E-state index in [2.05, 4.69) is 37.3 Å². The molecular formula is C27H41PRu. The maximum atomic E-state index is 2.48. The first kappa shape index (κ1) is 23.7. The summed E-state index contributed by atoms with van der Waals surface area (Å²) < 4.78 is 0. The Morgan fingerprint density at radius 1 is 0.759 bits per heavy atom. The van der Waals surface area contributed by atoms with E-state index >= 15 is 0 Å². The first-order valence-corrected chi connectivity index (χ1v) is 13.9. The van der Waals surface area contributed by atoms with Crippen LogP contribution in [0.25, 0.3) is 0 Å². The van der Waals surface area contributed by atoms with Gasteiger partial charge in [-0.15, -0.1) is 0 Å². The summed E-state index contributed by atoms with van der Waals surface area (Å²) in [6, 6.07) is 11.2. The zero-order chi connectivity index (χ0) is 19.2. The first-order chi connectivity index (χ1) is 13.8. The molecule has 0 radical (unpaired) electrons. The molecule has 0 saturated heterocycles. The van der Waals surface area contributed by atoms with E-state index in [9.17, 15) is 0 Å². The number of hydrogen-bond acceptors (Lipinski definition) is 0. The van der Waals surface area contributed by atoms with Crippen molar-refractivity contribution < 1.29 is 19.5 Å². The quantitative estimate of drug-likeness (QED) is 0.217. The van der Waals surface area contributed by atoms with Crippen molar-refractivity contribution in [3.63, 3.8) is 0 Å². The molecule has 3 aliphatic carbocycles.